The summed E-state index contributed by atoms with van der Waals surface area (Å²) >= 11 is 0. The predicted molar refractivity (Wildman–Crippen MR) is 111 cm³/mol. The number of nitrogens with one attached hydrogen (secondary N) is 1. The van der Waals surface area contributed by atoms with E-state index in [0.717, 1.165) is 40.3 Å². The van der Waals surface area contributed by atoms with E-state index in [1.807, 2.05) is 53.8 Å². The molecule has 0 aliphatic carbocycles. The first-order chi connectivity index (χ1) is 14.8. The van der Waals surface area contributed by atoms with Crippen molar-refractivity contribution in [3.8, 4) is 5.69 Å². The first kappa shape index (κ1) is 21.1. The van der Waals surface area contributed by atoms with Crippen LogP contribution in [0, 0.1) is 13.8 Å². The molecule has 1 amide bonds. The molecular weight excluding hydrogens is 405 g/mol. The summed E-state index contributed by atoms with van der Waals surface area (Å²) in [5.41, 5.74) is 3.38. The second kappa shape index (κ2) is 8.19. The van der Waals surface area contributed by atoms with Gasteiger partial charge in [-0.15, -0.1) is 0 Å². The molecule has 3 aromatic rings. The molecule has 2 heterocycles. The Balaban J connectivity index is 1.66. The molecule has 2 aromatic carbocycles. The molecule has 31 heavy (non-hydrogen) atoms. The molecule has 1 fully saturated rings. The Hall–Kier alpha value is -3.13. The molecule has 1 aliphatic heterocycles. The number of alkyl halides is 3. The number of aryl methyl sites for hydroxylation is 1. The molecule has 0 saturated carbocycles. The van der Waals surface area contributed by atoms with Crippen molar-refractivity contribution in [3.63, 3.8) is 0 Å². The second-order valence-electron chi connectivity index (χ2n) is 7.69. The van der Waals surface area contributed by atoms with Crippen LogP contribution in [0.15, 0.2) is 54.6 Å². The van der Waals surface area contributed by atoms with Gasteiger partial charge >= 0.3 is 6.18 Å². The maximum absolute atomic E-state index is 12.9. The summed E-state index contributed by atoms with van der Waals surface area (Å²) in [6.07, 6.45) is -4.37. The van der Waals surface area contributed by atoms with Crippen LogP contribution in [0.25, 0.3) is 5.69 Å². The van der Waals surface area contributed by atoms with Crippen LogP contribution in [0.4, 0.5) is 13.2 Å². The van der Waals surface area contributed by atoms with E-state index in [9.17, 15) is 18.0 Å². The van der Waals surface area contributed by atoms with E-state index in [2.05, 4.69) is 10.4 Å². The van der Waals surface area contributed by atoms with E-state index in [1.165, 1.54) is 12.1 Å². The quantitative estimate of drug-likeness (QED) is 0.678. The molecule has 1 aromatic heterocycles. The molecule has 5 nitrogen and oxygen atoms in total. The minimum absolute atomic E-state index is 0.128. The number of hydrogen-bond acceptors (Lipinski definition) is 3. The van der Waals surface area contributed by atoms with Gasteiger partial charge in [-0.1, -0.05) is 30.3 Å². The number of aromatic nitrogens is 2. The fourth-order valence-corrected chi connectivity index (χ4v) is 4.10. The summed E-state index contributed by atoms with van der Waals surface area (Å²) in [7, 11) is 0. The van der Waals surface area contributed by atoms with E-state index in [-0.39, 0.29) is 5.91 Å². The number of carbonyl (C=O) groups is 1. The minimum atomic E-state index is -4.37. The van der Waals surface area contributed by atoms with Crippen molar-refractivity contribution in [3.05, 3.63) is 82.7 Å². The highest BCUT2D eigenvalue weighted by Crippen LogP contribution is 2.32. The number of carbonyl (C=O) groups excluding carboxylic acids is 1. The lowest BCUT2D eigenvalue weighted by molar-refractivity contribution is -0.137. The molecule has 1 atom stereocenters. The summed E-state index contributed by atoms with van der Waals surface area (Å²) in [4.78, 5) is 14.9. The lowest BCUT2D eigenvalue weighted by atomic mass is 9.99. The Labute approximate surface area is 178 Å². The number of piperazine rings is 1. The van der Waals surface area contributed by atoms with Gasteiger partial charge in [0.1, 0.15) is 6.04 Å². The molecule has 1 aliphatic rings. The zero-order valence-corrected chi connectivity index (χ0v) is 17.3. The van der Waals surface area contributed by atoms with Crippen molar-refractivity contribution in [2.45, 2.75) is 32.6 Å². The number of nitrogens with zero attached hydrogens (tertiary/aromatic N) is 3. The number of hydrogen-bond donors (Lipinski definition) is 1. The van der Waals surface area contributed by atoms with Crippen LogP contribution in [0.5, 0.6) is 0 Å². The van der Waals surface area contributed by atoms with Gasteiger partial charge in [0, 0.05) is 30.9 Å². The normalized spacial score (nSPS) is 17.6. The van der Waals surface area contributed by atoms with Crippen LogP contribution in [-0.2, 0) is 17.5 Å². The van der Waals surface area contributed by atoms with Gasteiger partial charge in [-0.2, -0.15) is 18.3 Å². The highest BCUT2D eigenvalue weighted by Gasteiger charge is 2.36. The first-order valence-corrected chi connectivity index (χ1v) is 10.0. The average molecular weight is 428 g/mol. The monoisotopic (exact) mass is 428 g/mol. The fraction of sp³-hybridized carbons (Fsp3) is 0.304. The topological polar surface area (TPSA) is 50.2 Å². The highest BCUT2D eigenvalue weighted by molar-refractivity contribution is 5.84. The molecule has 162 valence electrons. The number of benzene rings is 2. The average Bonchev–Trinajstić information content (AvgIpc) is 3.03. The largest absolute Gasteiger partial charge is 0.416 e. The molecule has 4 rings (SSSR count). The Kier molecular flexibility index (Phi) is 5.58. The van der Waals surface area contributed by atoms with Gasteiger partial charge in [0.05, 0.1) is 16.9 Å². The maximum Gasteiger partial charge on any atom is 0.416 e. The molecule has 1 unspecified atom stereocenters. The number of amides is 1. The molecule has 0 spiro atoms. The van der Waals surface area contributed by atoms with Crippen molar-refractivity contribution >= 4 is 5.91 Å². The standard InChI is InChI=1S/C23H23F3N4O/c1-15-20(16(2)30(28-15)19-6-4-3-5-7-19)21-22(31)27-12-13-29(21)14-17-8-10-18(11-9-17)23(24,25)26/h3-11,21H,12-14H2,1-2H3,(H,27,31). The number of halogens is 3. The zero-order chi connectivity index (χ0) is 22.2. The van der Waals surface area contributed by atoms with Gasteiger partial charge in [-0.05, 0) is 43.7 Å². The van der Waals surface area contributed by atoms with Gasteiger partial charge in [-0.25, -0.2) is 4.68 Å². The predicted octanol–water partition coefficient (Wildman–Crippen LogP) is 4.18. The molecule has 0 radical (unpaired) electrons. The van der Waals surface area contributed by atoms with E-state index < -0.39 is 17.8 Å². The Morgan fingerprint density at radius 1 is 1.06 bits per heavy atom. The summed E-state index contributed by atoms with van der Waals surface area (Å²) in [5.74, 6) is -0.128. The van der Waals surface area contributed by atoms with Crippen molar-refractivity contribution in [1.29, 1.82) is 0 Å². The molecule has 1 saturated heterocycles. The summed E-state index contributed by atoms with van der Waals surface area (Å²) < 4.78 is 40.4. The lowest BCUT2D eigenvalue weighted by Gasteiger charge is -2.35. The van der Waals surface area contributed by atoms with E-state index in [0.29, 0.717) is 19.6 Å². The first-order valence-electron chi connectivity index (χ1n) is 10.0. The van der Waals surface area contributed by atoms with Crippen molar-refractivity contribution in [1.82, 2.24) is 20.0 Å². The Bertz CT molecular complexity index is 1070. The molecule has 8 heteroatoms. The van der Waals surface area contributed by atoms with Gasteiger partial charge in [0.25, 0.3) is 0 Å². The smallest absolute Gasteiger partial charge is 0.353 e. The van der Waals surface area contributed by atoms with Crippen LogP contribution in [0.1, 0.15) is 34.1 Å². The van der Waals surface area contributed by atoms with Gasteiger partial charge in [0.15, 0.2) is 0 Å². The number of rotatable bonds is 4. The molecule has 1 N–H and O–H groups in total. The van der Waals surface area contributed by atoms with Crippen molar-refractivity contribution < 1.29 is 18.0 Å². The van der Waals surface area contributed by atoms with Crippen molar-refractivity contribution in [2.24, 2.45) is 0 Å². The van der Waals surface area contributed by atoms with Crippen LogP contribution >= 0.6 is 0 Å². The maximum atomic E-state index is 12.9. The SMILES string of the molecule is Cc1nn(-c2ccccc2)c(C)c1C1C(=O)NCCN1Cc1ccc(C(F)(F)F)cc1. The van der Waals surface area contributed by atoms with E-state index in [4.69, 9.17) is 0 Å². The third-order valence-electron chi connectivity index (χ3n) is 5.60. The van der Waals surface area contributed by atoms with E-state index in [1.54, 1.807) is 0 Å². The zero-order valence-electron chi connectivity index (χ0n) is 17.3. The van der Waals surface area contributed by atoms with Crippen LogP contribution in [0.2, 0.25) is 0 Å². The number of para-hydroxylation sites is 1. The van der Waals surface area contributed by atoms with Gasteiger partial charge in [-0.3, -0.25) is 9.69 Å². The lowest BCUT2D eigenvalue weighted by Crippen LogP contribution is -2.49. The molecule has 0 bridgehead atoms. The summed E-state index contributed by atoms with van der Waals surface area (Å²) in [6, 6.07) is 14.2. The van der Waals surface area contributed by atoms with Crippen LogP contribution < -0.4 is 5.32 Å². The van der Waals surface area contributed by atoms with Crippen LogP contribution in [0.3, 0.4) is 0 Å². The van der Waals surface area contributed by atoms with Gasteiger partial charge < -0.3 is 5.32 Å². The van der Waals surface area contributed by atoms with Crippen LogP contribution in [-0.4, -0.2) is 33.7 Å². The van der Waals surface area contributed by atoms with E-state index >= 15 is 0 Å². The Morgan fingerprint density at radius 2 is 1.74 bits per heavy atom. The summed E-state index contributed by atoms with van der Waals surface area (Å²) in [6.45, 7) is 5.25. The minimum Gasteiger partial charge on any atom is -0.353 e. The third kappa shape index (κ3) is 4.20. The van der Waals surface area contributed by atoms with Crippen molar-refractivity contribution in [2.75, 3.05) is 13.1 Å². The Morgan fingerprint density at radius 3 is 2.39 bits per heavy atom. The van der Waals surface area contributed by atoms with Gasteiger partial charge in [0.2, 0.25) is 5.91 Å². The highest BCUT2D eigenvalue weighted by atomic mass is 19.4. The molecular formula is C23H23F3N4O. The summed E-state index contributed by atoms with van der Waals surface area (Å²) in [5, 5.41) is 7.57. The third-order valence-corrected chi connectivity index (χ3v) is 5.60. The fourth-order valence-electron chi connectivity index (χ4n) is 4.10. The second-order valence-corrected chi connectivity index (χ2v) is 7.69.